The Bertz CT molecular complexity index is 3450. The van der Waals surface area contributed by atoms with Crippen LogP contribution >= 0.6 is 31.9 Å². The molecule has 17 heteroatoms. The number of halogens is 2. The number of hydrogen-bond donors (Lipinski definition) is 2. The maximum atomic E-state index is 12.0. The van der Waals surface area contributed by atoms with Gasteiger partial charge in [-0.1, -0.05) is 91.0 Å². The summed E-state index contributed by atoms with van der Waals surface area (Å²) in [5, 5.41) is -0.0137. The normalized spacial score (nSPS) is 11.4. The fourth-order valence-electron chi connectivity index (χ4n) is 7.32. The molecule has 0 unspecified atom stereocenters. The summed E-state index contributed by atoms with van der Waals surface area (Å²) >= 11 is 7.06. The maximum absolute atomic E-state index is 12.0. The van der Waals surface area contributed by atoms with E-state index in [-0.39, 0.29) is 5.16 Å². The number of rotatable bonds is 5. The van der Waals surface area contributed by atoms with Crippen molar-refractivity contribution in [1.29, 1.82) is 0 Å². The Balaban J connectivity index is 0.000000133. The van der Waals surface area contributed by atoms with Gasteiger partial charge in [0.1, 0.15) is 5.65 Å². The first-order chi connectivity index (χ1) is 30.6. The lowest BCUT2D eigenvalue weighted by molar-refractivity contribution is 0.590. The molecule has 7 heterocycles. The molecule has 0 aliphatic rings. The first-order valence-electron chi connectivity index (χ1n) is 19.9. The highest BCUT2D eigenvalue weighted by molar-refractivity contribution is 9.11. The van der Waals surface area contributed by atoms with E-state index in [1.807, 2.05) is 142 Å². The average molecular weight is 999 g/mol. The van der Waals surface area contributed by atoms with Gasteiger partial charge in [0.25, 0.3) is 0 Å². The van der Waals surface area contributed by atoms with Crippen LogP contribution in [0.5, 0.6) is 0 Å². The van der Waals surface area contributed by atoms with Crippen LogP contribution in [-0.4, -0.2) is 62.8 Å². The Kier molecular flexibility index (Phi) is 12.1. The number of anilines is 2. The standard InChI is InChI=1S/C20H19N5.C14H12BrN3O2S.C13H11BrN4/c1-12-9-16(10-13(2)22-12)17-18(15-7-5-4-6-8-15)24-20(21)25-11-14(3)23-19(17)25;1-9-8-18-13(16-9)11(15)12(10-6-4-3-5-7-10)17-14(18)21(2,19)20;1-8-7-18-12(16-8)10(14)11(17-13(18)15)9-5-3-2-4-6-9/h4-11H,1-3H3,(H2,21,24);3-8H,1-2H3;2-7H,1H3,(H2,15,17). The van der Waals surface area contributed by atoms with Crippen molar-refractivity contribution >= 4 is 70.5 Å². The molecule has 0 atom stereocenters. The molecule has 0 amide bonds. The van der Waals surface area contributed by atoms with Crippen molar-refractivity contribution in [2.45, 2.75) is 39.8 Å². The van der Waals surface area contributed by atoms with Gasteiger partial charge in [0.05, 0.1) is 48.7 Å². The van der Waals surface area contributed by atoms with Crippen LogP contribution in [0, 0.1) is 34.6 Å². The second-order valence-electron chi connectivity index (χ2n) is 15.1. The molecular formula is C47H42Br2N12O2S. The monoisotopic (exact) mass is 996 g/mol. The summed E-state index contributed by atoms with van der Waals surface area (Å²) in [6, 6.07) is 33.5. The van der Waals surface area contributed by atoms with Crippen molar-refractivity contribution < 1.29 is 8.42 Å². The van der Waals surface area contributed by atoms with Gasteiger partial charge in [-0.05, 0) is 84.2 Å². The van der Waals surface area contributed by atoms with Gasteiger partial charge in [-0.25, -0.2) is 38.3 Å². The largest absolute Gasteiger partial charge is 0.369 e. The number of pyridine rings is 1. The molecule has 0 bridgehead atoms. The van der Waals surface area contributed by atoms with Crippen LogP contribution in [0.3, 0.4) is 0 Å². The van der Waals surface area contributed by atoms with Crippen LogP contribution in [0.1, 0.15) is 28.5 Å². The highest BCUT2D eigenvalue weighted by atomic mass is 79.9. The Labute approximate surface area is 386 Å². The number of aryl methyl sites for hydroxylation is 5. The van der Waals surface area contributed by atoms with Gasteiger partial charge in [-0.2, -0.15) is 0 Å². The number of nitrogens with two attached hydrogens (primary N) is 2. The number of imidazole rings is 3. The summed E-state index contributed by atoms with van der Waals surface area (Å²) in [7, 11) is -3.47. The van der Waals surface area contributed by atoms with E-state index in [1.54, 1.807) is 10.6 Å². The quantitative estimate of drug-likeness (QED) is 0.156. The molecule has 3 aromatic carbocycles. The second kappa shape index (κ2) is 17.7. The van der Waals surface area contributed by atoms with Gasteiger partial charge in [-0.15, -0.1) is 0 Å². The van der Waals surface area contributed by atoms with E-state index in [1.165, 1.54) is 4.40 Å². The van der Waals surface area contributed by atoms with Crippen molar-refractivity contribution in [1.82, 2.24) is 48.1 Å². The molecule has 10 rings (SSSR count). The molecule has 0 fully saturated rings. The van der Waals surface area contributed by atoms with E-state index in [0.717, 1.165) is 89.7 Å². The van der Waals surface area contributed by atoms with Gasteiger partial charge in [0.2, 0.25) is 26.9 Å². The first kappa shape index (κ1) is 43.8. The molecule has 64 heavy (non-hydrogen) atoms. The lowest BCUT2D eigenvalue weighted by Crippen LogP contribution is -2.09. The number of benzene rings is 3. The molecule has 7 aromatic heterocycles. The lowest BCUT2D eigenvalue weighted by atomic mass is 9.99. The van der Waals surface area contributed by atoms with Gasteiger partial charge in [-0.3, -0.25) is 18.2 Å². The SMILES string of the molecule is Cc1cc(-c2c(-c3ccccc3)nc(N)n3cc(C)nc23)cc(C)n1.Cc1cn2c(N)nc(-c3ccccc3)c(Br)c2n1.Cc1cn2c(S(C)(=O)=O)nc(-c3ccccc3)c(Br)c2n1. The fourth-order valence-corrected chi connectivity index (χ4v) is 9.27. The van der Waals surface area contributed by atoms with Crippen LogP contribution in [0.2, 0.25) is 0 Å². The van der Waals surface area contributed by atoms with Crippen molar-refractivity contribution in [2.24, 2.45) is 0 Å². The van der Waals surface area contributed by atoms with E-state index in [0.29, 0.717) is 27.7 Å². The van der Waals surface area contributed by atoms with Gasteiger partial charge >= 0.3 is 0 Å². The zero-order valence-corrected chi connectivity index (χ0v) is 39.6. The summed E-state index contributed by atoms with van der Waals surface area (Å²) in [6.07, 6.45) is 6.60. The summed E-state index contributed by atoms with van der Waals surface area (Å²) in [5.74, 6) is 0.869. The Morgan fingerprint density at radius 2 is 0.828 bits per heavy atom. The smallest absolute Gasteiger partial charge is 0.233 e. The number of hydrogen-bond acceptors (Lipinski definition) is 11. The van der Waals surface area contributed by atoms with Crippen LogP contribution in [0.4, 0.5) is 11.9 Å². The van der Waals surface area contributed by atoms with Crippen LogP contribution in [-0.2, 0) is 9.84 Å². The van der Waals surface area contributed by atoms with Gasteiger partial charge in [0.15, 0.2) is 11.3 Å². The Morgan fingerprint density at radius 1 is 0.453 bits per heavy atom. The number of nitrogen functional groups attached to an aromatic ring is 2. The molecular weight excluding hydrogens is 956 g/mol. The Morgan fingerprint density at radius 3 is 1.30 bits per heavy atom. The zero-order valence-electron chi connectivity index (χ0n) is 35.7. The van der Waals surface area contributed by atoms with E-state index < -0.39 is 9.84 Å². The summed E-state index contributed by atoms with van der Waals surface area (Å²) in [4.78, 5) is 31.5. The van der Waals surface area contributed by atoms with E-state index >= 15 is 0 Å². The fraction of sp³-hybridized carbons (Fsp3) is 0.128. The summed E-state index contributed by atoms with van der Waals surface area (Å²) < 4.78 is 30.7. The van der Waals surface area contributed by atoms with Crippen molar-refractivity contribution in [3.63, 3.8) is 0 Å². The van der Waals surface area contributed by atoms with Crippen molar-refractivity contribution in [3.05, 3.63) is 159 Å². The van der Waals surface area contributed by atoms with Gasteiger partial charge < -0.3 is 11.5 Å². The number of sulfone groups is 1. The molecule has 322 valence electrons. The maximum Gasteiger partial charge on any atom is 0.233 e. The minimum Gasteiger partial charge on any atom is -0.369 e. The molecule has 0 saturated heterocycles. The molecule has 0 aliphatic carbocycles. The van der Waals surface area contributed by atoms with Crippen LogP contribution in [0.15, 0.2) is 136 Å². The minimum absolute atomic E-state index is 0.0137. The molecule has 0 aliphatic heterocycles. The van der Waals surface area contributed by atoms with Crippen LogP contribution < -0.4 is 11.5 Å². The van der Waals surface area contributed by atoms with Crippen molar-refractivity contribution in [3.8, 4) is 44.9 Å². The number of fused-ring (bicyclic) bond motifs is 3. The second-order valence-corrected chi connectivity index (χ2v) is 18.6. The molecule has 10 aromatic rings. The minimum atomic E-state index is -3.47. The van der Waals surface area contributed by atoms with Crippen LogP contribution in [0.25, 0.3) is 61.8 Å². The molecule has 0 spiro atoms. The van der Waals surface area contributed by atoms with Gasteiger partial charge in [0, 0.05) is 52.9 Å². The molecule has 14 nitrogen and oxygen atoms in total. The third kappa shape index (κ3) is 8.86. The van der Waals surface area contributed by atoms with Crippen molar-refractivity contribution in [2.75, 3.05) is 17.7 Å². The zero-order chi connectivity index (χ0) is 45.4. The molecule has 0 saturated carbocycles. The topological polar surface area (TPSA) is 190 Å². The van der Waals surface area contributed by atoms with E-state index in [2.05, 4.69) is 68.9 Å². The lowest BCUT2D eigenvalue weighted by Gasteiger charge is -2.13. The molecule has 4 N–H and O–H groups in total. The highest BCUT2D eigenvalue weighted by Gasteiger charge is 2.22. The van der Waals surface area contributed by atoms with E-state index in [9.17, 15) is 8.42 Å². The third-order valence-corrected chi connectivity index (χ3v) is 12.4. The number of aromatic nitrogens is 10. The summed E-state index contributed by atoms with van der Waals surface area (Å²) in [6.45, 7) is 9.70. The first-order valence-corrected chi connectivity index (χ1v) is 23.4. The Hall–Kier alpha value is -6.82. The van der Waals surface area contributed by atoms with E-state index in [4.69, 9.17) is 21.4 Å². The number of nitrogens with zero attached hydrogens (tertiary/aromatic N) is 10. The predicted molar refractivity (Wildman–Crippen MR) is 260 cm³/mol. The average Bonchev–Trinajstić information content (AvgIpc) is 3.99. The summed E-state index contributed by atoms with van der Waals surface area (Å²) in [5.41, 5.74) is 25.9. The predicted octanol–water partition coefficient (Wildman–Crippen LogP) is 9.89. The highest BCUT2D eigenvalue weighted by Crippen LogP contribution is 2.36. The molecule has 0 radical (unpaired) electrons. The third-order valence-electron chi connectivity index (χ3n) is 9.95.